The quantitative estimate of drug-likeness (QED) is 0.671. The topological polar surface area (TPSA) is 90.2 Å². The number of rotatable bonds is 4. The minimum Gasteiger partial charge on any atom is -0.393 e. The van der Waals surface area contributed by atoms with Gasteiger partial charge in [-0.15, -0.1) is 0 Å². The van der Waals surface area contributed by atoms with Crippen LogP contribution in [0.4, 0.5) is 0 Å². The number of hydrogen-bond donors (Lipinski definition) is 2. The minimum atomic E-state index is -3.46. The van der Waals surface area contributed by atoms with Gasteiger partial charge in [-0.25, -0.2) is 13.1 Å². The first-order valence-corrected chi connectivity index (χ1v) is 6.23. The molecular formula is C8H14N2O3S. The first-order valence-electron chi connectivity index (χ1n) is 4.57. The van der Waals surface area contributed by atoms with Gasteiger partial charge in [0.05, 0.1) is 12.2 Å². The van der Waals surface area contributed by atoms with E-state index in [1.807, 2.05) is 0 Å². The normalized spacial score (nSPS) is 27.4. The van der Waals surface area contributed by atoms with Crippen LogP contribution in [0.3, 0.4) is 0 Å². The van der Waals surface area contributed by atoms with Crippen molar-refractivity contribution in [3.8, 4) is 6.07 Å². The lowest BCUT2D eigenvalue weighted by Crippen LogP contribution is -2.33. The van der Waals surface area contributed by atoms with E-state index >= 15 is 0 Å². The summed E-state index contributed by atoms with van der Waals surface area (Å²) in [5, 5.41) is 17.6. The lowest BCUT2D eigenvalue weighted by atomic mass is 10.1. The molecule has 1 saturated carbocycles. The van der Waals surface area contributed by atoms with Gasteiger partial charge in [0.25, 0.3) is 0 Å². The van der Waals surface area contributed by atoms with Crippen molar-refractivity contribution in [3.63, 3.8) is 0 Å². The summed E-state index contributed by atoms with van der Waals surface area (Å²) in [7, 11) is -3.46. The first kappa shape index (κ1) is 11.4. The van der Waals surface area contributed by atoms with Gasteiger partial charge in [-0.2, -0.15) is 5.26 Å². The summed E-state index contributed by atoms with van der Waals surface area (Å²) in [6, 6.07) is 1.58. The maximum atomic E-state index is 11.1. The fourth-order valence-corrected chi connectivity index (χ4v) is 2.37. The fourth-order valence-electron chi connectivity index (χ4n) is 1.63. The molecule has 1 aliphatic carbocycles. The molecule has 0 bridgehead atoms. The van der Waals surface area contributed by atoms with E-state index in [-0.39, 0.29) is 12.5 Å². The molecular weight excluding hydrogens is 204 g/mol. The number of sulfonamides is 1. The highest BCUT2D eigenvalue weighted by Gasteiger charge is 2.26. The van der Waals surface area contributed by atoms with Crippen LogP contribution in [-0.2, 0) is 10.0 Å². The SMILES string of the molecule is N#CCS(=O)(=O)NCC1CCCC1O. The van der Waals surface area contributed by atoms with Crippen LogP contribution in [0.25, 0.3) is 0 Å². The Hall–Kier alpha value is -0.640. The first-order chi connectivity index (χ1) is 6.55. The highest BCUT2D eigenvalue weighted by atomic mass is 32.2. The van der Waals surface area contributed by atoms with Gasteiger partial charge >= 0.3 is 0 Å². The van der Waals surface area contributed by atoms with Crippen molar-refractivity contribution in [1.82, 2.24) is 4.72 Å². The van der Waals surface area contributed by atoms with E-state index in [2.05, 4.69) is 4.72 Å². The number of aliphatic hydroxyl groups excluding tert-OH is 1. The third-order valence-corrected chi connectivity index (χ3v) is 3.55. The lowest BCUT2D eigenvalue weighted by molar-refractivity contribution is 0.134. The fraction of sp³-hybridized carbons (Fsp3) is 0.875. The minimum absolute atomic E-state index is 0.00321. The molecule has 5 nitrogen and oxygen atoms in total. The zero-order valence-corrected chi connectivity index (χ0v) is 8.63. The third kappa shape index (κ3) is 3.25. The number of hydrogen-bond acceptors (Lipinski definition) is 4. The Balaban J connectivity index is 2.37. The van der Waals surface area contributed by atoms with E-state index in [1.54, 1.807) is 6.07 Å². The van der Waals surface area contributed by atoms with Gasteiger partial charge in [-0.3, -0.25) is 0 Å². The predicted octanol–water partition coefficient (Wildman–Crippen LogP) is -0.410. The molecule has 2 unspecified atom stereocenters. The number of nitriles is 1. The highest BCUT2D eigenvalue weighted by Crippen LogP contribution is 2.24. The Morgan fingerprint density at radius 2 is 2.21 bits per heavy atom. The molecule has 0 aromatic rings. The van der Waals surface area contributed by atoms with Crippen molar-refractivity contribution in [2.45, 2.75) is 25.4 Å². The van der Waals surface area contributed by atoms with Crippen LogP contribution >= 0.6 is 0 Å². The third-order valence-electron chi connectivity index (χ3n) is 2.44. The van der Waals surface area contributed by atoms with Crippen molar-refractivity contribution in [1.29, 1.82) is 5.26 Å². The Morgan fingerprint density at radius 3 is 2.71 bits per heavy atom. The lowest BCUT2D eigenvalue weighted by Gasteiger charge is -2.14. The predicted molar refractivity (Wildman–Crippen MR) is 50.8 cm³/mol. The van der Waals surface area contributed by atoms with Crippen LogP contribution in [0.5, 0.6) is 0 Å². The molecule has 2 N–H and O–H groups in total. The van der Waals surface area contributed by atoms with Crippen molar-refractivity contribution >= 4 is 10.0 Å². The molecule has 1 aliphatic rings. The van der Waals surface area contributed by atoms with Crippen LogP contribution in [0.1, 0.15) is 19.3 Å². The Labute approximate surface area is 83.8 Å². The van der Waals surface area contributed by atoms with E-state index < -0.39 is 21.9 Å². The van der Waals surface area contributed by atoms with Crippen LogP contribution in [0.2, 0.25) is 0 Å². The molecule has 1 rings (SSSR count). The van der Waals surface area contributed by atoms with Crippen LogP contribution in [0, 0.1) is 17.2 Å². The second-order valence-corrected chi connectivity index (χ2v) is 5.33. The van der Waals surface area contributed by atoms with E-state index in [0.717, 1.165) is 19.3 Å². The van der Waals surface area contributed by atoms with Gasteiger partial charge in [-0.1, -0.05) is 6.42 Å². The molecule has 0 saturated heterocycles. The molecule has 0 aromatic carbocycles. The summed E-state index contributed by atoms with van der Waals surface area (Å²) < 4.78 is 24.5. The largest absolute Gasteiger partial charge is 0.393 e. The second-order valence-electron chi connectivity index (χ2n) is 3.52. The monoisotopic (exact) mass is 218 g/mol. The average molecular weight is 218 g/mol. The molecule has 14 heavy (non-hydrogen) atoms. The standard InChI is InChI=1S/C8H14N2O3S/c9-4-5-14(12,13)10-6-7-2-1-3-8(7)11/h7-8,10-11H,1-3,5-6H2. The zero-order chi connectivity index (χ0) is 10.6. The number of nitrogens with zero attached hydrogens (tertiary/aromatic N) is 1. The van der Waals surface area contributed by atoms with E-state index in [0.29, 0.717) is 0 Å². The summed E-state index contributed by atoms with van der Waals surface area (Å²) in [5.74, 6) is -0.515. The van der Waals surface area contributed by atoms with Gasteiger partial charge in [0.2, 0.25) is 10.0 Å². The molecule has 0 aromatic heterocycles. The van der Waals surface area contributed by atoms with Gasteiger partial charge in [0.15, 0.2) is 5.75 Å². The van der Waals surface area contributed by atoms with Crippen molar-refractivity contribution in [2.75, 3.05) is 12.3 Å². The Morgan fingerprint density at radius 1 is 1.50 bits per heavy atom. The zero-order valence-electron chi connectivity index (χ0n) is 7.81. The molecule has 0 heterocycles. The summed E-state index contributed by atoms with van der Waals surface area (Å²) in [5.41, 5.74) is 0. The van der Waals surface area contributed by atoms with Gasteiger partial charge in [0.1, 0.15) is 0 Å². The number of aliphatic hydroxyl groups is 1. The van der Waals surface area contributed by atoms with Gasteiger partial charge in [0, 0.05) is 6.54 Å². The highest BCUT2D eigenvalue weighted by molar-refractivity contribution is 7.89. The average Bonchev–Trinajstić information content (AvgIpc) is 2.48. The number of nitrogens with one attached hydrogen (secondary N) is 1. The summed E-state index contributed by atoms with van der Waals surface area (Å²) >= 11 is 0. The molecule has 0 radical (unpaired) electrons. The molecule has 1 fully saturated rings. The molecule has 80 valence electrons. The van der Waals surface area contributed by atoms with Crippen molar-refractivity contribution < 1.29 is 13.5 Å². The van der Waals surface area contributed by atoms with Crippen molar-refractivity contribution in [2.24, 2.45) is 5.92 Å². The summed E-state index contributed by atoms with van der Waals surface area (Å²) in [4.78, 5) is 0. The molecule has 0 amide bonds. The molecule has 6 heteroatoms. The maximum Gasteiger partial charge on any atom is 0.225 e. The Bertz CT molecular complexity index is 320. The summed E-state index contributed by atoms with van der Waals surface area (Å²) in [6.45, 7) is 0.241. The second kappa shape index (κ2) is 4.73. The maximum absolute atomic E-state index is 11.1. The van der Waals surface area contributed by atoms with E-state index in [9.17, 15) is 13.5 Å². The van der Waals surface area contributed by atoms with E-state index in [4.69, 9.17) is 5.26 Å². The molecule has 2 atom stereocenters. The van der Waals surface area contributed by atoms with Crippen LogP contribution in [-0.4, -0.2) is 31.9 Å². The van der Waals surface area contributed by atoms with Crippen molar-refractivity contribution in [3.05, 3.63) is 0 Å². The molecule has 0 spiro atoms. The summed E-state index contributed by atoms with van der Waals surface area (Å²) in [6.07, 6.45) is 2.12. The van der Waals surface area contributed by atoms with Gasteiger partial charge in [-0.05, 0) is 18.8 Å². The smallest absolute Gasteiger partial charge is 0.225 e. The van der Waals surface area contributed by atoms with Crippen LogP contribution < -0.4 is 4.72 Å². The van der Waals surface area contributed by atoms with Gasteiger partial charge < -0.3 is 5.11 Å². The Kier molecular flexibility index (Phi) is 3.86. The molecule has 0 aliphatic heterocycles. The van der Waals surface area contributed by atoms with Crippen LogP contribution in [0.15, 0.2) is 0 Å². The van der Waals surface area contributed by atoms with E-state index in [1.165, 1.54) is 0 Å².